The molecule has 0 aliphatic rings. The molecule has 1 rings (SSSR count). The number of Topliss-reactive ketones (excluding diaryl/α,β-unsaturated/α-hetero) is 1. The Labute approximate surface area is 115 Å². The van der Waals surface area contributed by atoms with Gasteiger partial charge in [-0.1, -0.05) is 30.0 Å². The van der Waals surface area contributed by atoms with Crippen molar-refractivity contribution in [3.63, 3.8) is 0 Å². The summed E-state index contributed by atoms with van der Waals surface area (Å²) in [5, 5.41) is 0. The fourth-order valence-corrected chi connectivity index (χ4v) is 2.05. The van der Waals surface area contributed by atoms with E-state index in [0.29, 0.717) is 0 Å². The average molecular weight is 316 g/mol. The highest BCUT2D eigenvalue weighted by atomic mass is 32.2. The van der Waals surface area contributed by atoms with E-state index < -0.39 is 28.6 Å². The molecule has 0 heterocycles. The molecule has 0 saturated carbocycles. The summed E-state index contributed by atoms with van der Waals surface area (Å²) in [6.45, 7) is 0. The van der Waals surface area contributed by atoms with Gasteiger partial charge in [0.25, 0.3) is 0 Å². The number of carbonyl (C=O) groups is 1. The first-order valence-corrected chi connectivity index (χ1v) is 6.50. The van der Waals surface area contributed by atoms with Gasteiger partial charge in [0, 0.05) is 17.7 Å². The number of halogens is 6. The smallest absolute Gasteiger partial charge is 0.294 e. The molecule has 1 aromatic rings. The molecule has 8 heteroatoms. The van der Waals surface area contributed by atoms with E-state index in [-0.39, 0.29) is 30.4 Å². The molecule has 0 radical (unpaired) electrons. The second-order valence-electron chi connectivity index (χ2n) is 3.86. The van der Waals surface area contributed by atoms with Crippen LogP contribution in [0.3, 0.4) is 0 Å². The molecule has 1 nitrogen and oxygen atoms in total. The number of hydrogen-bond acceptors (Lipinski definition) is 2. The Bertz CT molecular complexity index is 466. The molecule has 0 N–H and O–H groups in total. The number of rotatable bonds is 5. The predicted octanol–water partition coefficient (Wildman–Crippen LogP) is 4.92. The SMILES string of the molecule is O=C(CCCSC(F)(F)F)c1ccccc1C(F)(F)F. The van der Waals surface area contributed by atoms with Crippen LogP contribution in [0.15, 0.2) is 24.3 Å². The van der Waals surface area contributed by atoms with Crippen LogP contribution < -0.4 is 0 Å². The average Bonchev–Trinajstić information content (AvgIpc) is 2.32. The lowest BCUT2D eigenvalue weighted by Gasteiger charge is -2.11. The molecular weight excluding hydrogens is 306 g/mol. The summed E-state index contributed by atoms with van der Waals surface area (Å²) in [4.78, 5) is 11.6. The van der Waals surface area contributed by atoms with Gasteiger partial charge >= 0.3 is 11.7 Å². The second-order valence-corrected chi connectivity index (χ2v) is 5.02. The molecule has 0 amide bonds. The lowest BCUT2D eigenvalue weighted by Crippen LogP contribution is -2.13. The van der Waals surface area contributed by atoms with Crippen LogP contribution in [-0.4, -0.2) is 17.0 Å². The highest BCUT2D eigenvalue weighted by Gasteiger charge is 2.34. The second kappa shape index (κ2) is 6.51. The Morgan fingerprint density at radius 3 is 2.20 bits per heavy atom. The first-order chi connectivity index (χ1) is 9.11. The first-order valence-electron chi connectivity index (χ1n) is 5.51. The minimum Gasteiger partial charge on any atom is -0.294 e. The number of hydrogen-bond donors (Lipinski definition) is 0. The van der Waals surface area contributed by atoms with Crippen LogP contribution in [0.4, 0.5) is 26.3 Å². The van der Waals surface area contributed by atoms with Gasteiger partial charge in [0.1, 0.15) is 0 Å². The van der Waals surface area contributed by atoms with Gasteiger partial charge in [0.15, 0.2) is 5.78 Å². The van der Waals surface area contributed by atoms with Gasteiger partial charge in [-0.15, -0.1) is 0 Å². The van der Waals surface area contributed by atoms with Crippen molar-refractivity contribution in [2.45, 2.75) is 24.5 Å². The van der Waals surface area contributed by atoms with Gasteiger partial charge in [0.05, 0.1) is 5.56 Å². The fraction of sp³-hybridized carbons (Fsp3) is 0.417. The Kier molecular flexibility index (Phi) is 5.50. The van der Waals surface area contributed by atoms with Gasteiger partial charge < -0.3 is 0 Å². The lowest BCUT2D eigenvalue weighted by atomic mass is 10.0. The van der Waals surface area contributed by atoms with Gasteiger partial charge in [-0.05, 0) is 12.5 Å². The highest BCUT2D eigenvalue weighted by Crippen LogP contribution is 2.33. The molecule has 0 bridgehead atoms. The van der Waals surface area contributed by atoms with E-state index in [1.165, 1.54) is 6.07 Å². The van der Waals surface area contributed by atoms with Crippen LogP contribution in [0.2, 0.25) is 0 Å². The van der Waals surface area contributed by atoms with Crippen LogP contribution >= 0.6 is 11.8 Å². The van der Waals surface area contributed by atoms with Crippen LogP contribution in [0.5, 0.6) is 0 Å². The summed E-state index contributed by atoms with van der Waals surface area (Å²) in [6.07, 6.45) is -5.14. The zero-order valence-electron chi connectivity index (χ0n) is 10.0. The van der Waals surface area contributed by atoms with Crippen LogP contribution in [0.25, 0.3) is 0 Å². The summed E-state index contributed by atoms with van der Waals surface area (Å²) >= 11 is -0.294. The quantitative estimate of drug-likeness (QED) is 0.436. The Morgan fingerprint density at radius 1 is 1.05 bits per heavy atom. The van der Waals surface area contributed by atoms with Crippen molar-refractivity contribution < 1.29 is 31.1 Å². The van der Waals surface area contributed by atoms with Crippen molar-refractivity contribution in [3.05, 3.63) is 35.4 Å². The molecule has 0 saturated heterocycles. The molecule has 0 unspecified atom stereocenters. The van der Waals surface area contributed by atoms with E-state index in [1.54, 1.807) is 0 Å². The molecular formula is C12H10F6OS. The van der Waals surface area contributed by atoms with Crippen molar-refractivity contribution in [1.29, 1.82) is 0 Å². The third kappa shape index (κ3) is 5.44. The number of carbonyl (C=O) groups excluding carboxylic acids is 1. The molecule has 0 spiro atoms. The summed E-state index contributed by atoms with van der Waals surface area (Å²) in [5.74, 6) is -1.16. The normalized spacial score (nSPS) is 12.5. The summed E-state index contributed by atoms with van der Waals surface area (Å²) in [6, 6.07) is 4.24. The molecule has 0 aromatic heterocycles. The molecule has 1 aromatic carbocycles. The number of thioether (sulfide) groups is 1. The highest BCUT2D eigenvalue weighted by molar-refractivity contribution is 8.00. The van der Waals surface area contributed by atoms with Crippen molar-refractivity contribution in [1.82, 2.24) is 0 Å². The van der Waals surface area contributed by atoms with Gasteiger partial charge in [-0.3, -0.25) is 4.79 Å². The Morgan fingerprint density at radius 2 is 1.65 bits per heavy atom. The van der Waals surface area contributed by atoms with E-state index in [4.69, 9.17) is 0 Å². The van der Waals surface area contributed by atoms with Gasteiger partial charge in [0.2, 0.25) is 0 Å². The van der Waals surface area contributed by atoms with Crippen LogP contribution in [0.1, 0.15) is 28.8 Å². The summed E-state index contributed by atoms with van der Waals surface area (Å²) in [5.41, 5.74) is -5.96. The minimum atomic E-state index is -4.66. The zero-order valence-corrected chi connectivity index (χ0v) is 10.8. The van der Waals surface area contributed by atoms with Crippen molar-refractivity contribution in [2.24, 2.45) is 0 Å². The van der Waals surface area contributed by atoms with E-state index >= 15 is 0 Å². The summed E-state index contributed by atoms with van der Waals surface area (Å²) < 4.78 is 73.5. The fourth-order valence-electron chi connectivity index (χ4n) is 1.53. The van der Waals surface area contributed by atoms with E-state index in [2.05, 4.69) is 0 Å². The number of ketones is 1. The van der Waals surface area contributed by atoms with E-state index in [0.717, 1.165) is 18.2 Å². The van der Waals surface area contributed by atoms with Crippen molar-refractivity contribution in [3.8, 4) is 0 Å². The number of benzene rings is 1. The largest absolute Gasteiger partial charge is 0.441 e. The van der Waals surface area contributed by atoms with Crippen LogP contribution in [-0.2, 0) is 6.18 Å². The predicted molar refractivity (Wildman–Crippen MR) is 63.5 cm³/mol. The van der Waals surface area contributed by atoms with E-state index in [1.807, 2.05) is 0 Å². The first kappa shape index (κ1) is 16.9. The molecule has 0 atom stereocenters. The standard InChI is InChI=1S/C12H10F6OS/c13-11(14,15)9-5-2-1-4-8(9)10(19)6-3-7-20-12(16,17)18/h1-2,4-5H,3,6-7H2. The minimum absolute atomic E-state index is 0.130. The topological polar surface area (TPSA) is 17.1 Å². The molecule has 0 fully saturated rings. The lowest BCUT2D eigenvalue weighted by molar-refractivity contribution is -0.137. The van der Waals surface area contributed by atoms with E-state index in [9.17, 15) is 31.1 Å². The summed E-state index contributed by atoms with van der Waals surface area (Å²) in [7, 11) is 0. The molecule has 0 aliphatic heterocycles. The monoisotopic (exact) mass is 316 g/mol. The molecule has 0 aliphatic carbocycles. The third-order valence-corrected chi connectivity index (χ3v) is 3.17. The maximum absolute atomic E-state index is 12.6. The van der Waals surface area contributed by atoms with Gasteiger partial charge in [-0.25, -0.2) is 0 Å². The maximum atomic E-state index is 12.6. The number of alkyl halides is 6. The Balaban J connectivity index is 2.65. The van der Waals surface area contributed by atoms with Crippen LogP contribution in [0, 0.1) is 0 Å². The molecule has 20 heavy (non-hydrogen) atoms. The maximum Gasteiger partial charge on any atom is 0.441 e. The molecule has 112 valence electrons. The Hall–Kier alpha value is -1.18. The zero-order chi connectivity index (χ0) is 15.4. The third-order valence-electron chi connectivity index (χ3n) is 2.35. The van der Waals surface area contributed by atoms with Crippen molar-refractivity contribution in [2.75, 3.05) is 5.75 Å². The van der Waals surface area contributed by atoms with Crippen molar-refractivity contribution >= 4 is 17.5 Å². The van der Waals surface area contributed by atoms with Gasteiger partial charge in [-0.2, -0.15) is 26.3 Å².